The minimum Gasteiger partial charge on any atom is -0.490 e. The molecule has 1 aromatic heterocycles. The Morgan fingerprint density at radius 3 is 2.68 bits per heavy atom. The topological polar surface area (TPSA) is 100 Å². The van der Waals surface area contributed by atoms with E-state index < -0.39 is 6.04 Å². The number of nitrogens with one attached hydrogen (secondary N) is 1. The summed E-state index contributed by atoms with van der Waals surface area (Å²) in [4.78, 5) is 13.6. The molecule has 1 N–H and O–H groups in total. The van der Waals surface area contributed by atoms with Gasteiger partial charge in [-0.15, -0.1) is 0 Å². The molecule has 1 unspecified atom stereocenters. The quantitative estimate of drug-likeness (QED) is 0.325. The summed E-state index contributed by atoms with van der Waals surface area (Å²) < 4.78 is 20.5. The van der Waals surface area contributed by atoms with Gasteiger partial charge in [-0.25, -0.2) is 4.79 Å². The third-order valence-electron chi connectivity index (χ3n) is 6.89. The summed E-state index contributed by atoms with van der Waals surface area (Å²) in [5.74, 6) is 1.30. The maximum atomic E-state index is 13.6. The fourth-order valence-corrected chi connectivity index (χ4v) is 5.62. The number of carbonyl (C=O) groups is 1. The molecule has 2 heterocycles. The highest BCUT2D eigenvalue weighted by Crippen LogP contribution is 2.43. The Hall–Kier alpha value is -3.40. The van der Waals surface area contributed by atoms with Crippen LogP contribution < -0.4 is 14.8 Å². The lowest BCUT2D eigenvalue weighted by Crippen LogP contribution is -2.32. The predicted octanol–water partition coefficient (Wildman–Crippen LogP) is 5.62. The van der Waals surface area contributed by atoms with E-state index in [4.69, 9.17) is 14.2 Å². The molecule has 1 atom stereocenters. The second kappa shape index (κ2) is 12.0. The van der Waals surface area contributed by atoms with E-state index in [0.29, 0.717) is 41.9 Å². The van der Waals surface area contributed by atoms with Crippen LogP contribution in [0.4, 0.5) is 5.95 Å². The number of benzene rings is 2. The van der Waals surface area contributed by atoms with Gasteiger partial charge in [0.05, 0.1) is 23.3 Å². The Morgan fingerprint density at radius 1 is 1.13 bits per heavy atom. The number of nitrogens with zero attached hydrogens (tertiary/aromatic N) is 4. The predicted molar refractivity (Wildman–Crippen MR) is 146 cm³/mol. The summed E-state index contributed by atoms with van der Waals surface area (Å²) in [5, 5.41) is 15.3. The van der Waals surface area contributed by atoms with E-state index in [-0.39, 0.29) is 12.1 Å². The van der Waals surface area contributed by atoms with Gasteiger partial charge in [-0.1, -0.05) is 41.9 Å². The first-order chi connectivity index (χ1) is 18.5. The normalized spacial score (nSPS) is 17.5. The lowest BCUT2D eigenvalue weighted by atomic mass is 9.94. The highest BCUT2D eigenvalue weighted by Gasteiger charge is 2.37. The van der Waals surface area contributed by atoms with Crippen molar-refractivity contribution in [3.05, 3.63) is 69.3 Å². The van der Waals surface area contributed by atoms with Crippen molar-refractivity contribution in [1.29, 1.82) is 0 Å². The number of esters is 1. The molecule has 0 saturated heterocycles. The van der Waals surface area contributed by atoms with Crippen molar-refractivity contribution in [2.24, 2.45) is 0 Å². The van der Waals surface area contributed by atoms with Crippen LogP contribution in [0.25, 0.3) is 0 Å². The van der Waals surface area contributed by atoms with E-state index in [1.54, 1.807) is 4.68 Å². The Balaban J connectivity index is 1.46. The molecule has 3 aromatic rings. The molecule has 2 aromatic carbocycles. The number of hydrogen-bond acceptors (Lipinski definition) is 8. The number of tetrazole rings is 1. The van der Waals surface area contributed by atoms with Crippen molar-refractivity contribution >= 4 is 27.8 Å². The van der Waals surface area contributed by atoms with Gasteiger partial charge in [0.15, 0.2) is 11.5 Å². The summed E-state index contributed by atoms with van der Waals surface area (Å²) in [6.07, 6.45) is 5.81. The molecule has 1 aliphatic carbocycles. The molecule has 10 heteroatoms. The van der Waals surface area contributed by atoms with E-state index >= 15 is 0 Å². The number of rotatable bonds is 9. The lowest BCUT2D eigenvalue weighted by Gasteiger charge is -2.30. The van der Waals surface area contributed by atoms with Gasteiger partial charge in [-0.2, -0.15) is 4.68 Å². The molecule has 38 heavy (non-hydrogen) atoms. The lowest BCUT2D eigenvalue weighted by molar-refractivity contribution is -0.146. The maximum absolute atomic E-state index is 13.6. The van der Waals surface area contributed by atoms with E-state index in [9.17, 15) is 4.79 Å². The smallest absolute Gasteiger partial charge is 0.338 e. The Morgan fingerprint density at radius 2 is 1.92 bits per heavy atom. The van der Waals surface area contributed by atoms with Gasteiger partial charge in [-0.3, -0.25) is 0 Å². The molecule has 0 bridgehead atoms. The van der Waals surface area contributed by atoms with Gasteiger partial charge in [0.1, 0.15) is 12.1 Å². The van der Waals surface area contributed by atoms with Gasteiger partial charge < -0.3 is 19.5 Å². The number of ether oxygens (including phenoxy) is 3. The van der Waals surface area contributed by atoms with E-state index in [1.807, 2.05) is 44.2 Å². The Bertz CT molecular complexity index is 1300. The third-order valence-corrected chi connectivity index (χ3v) is 7.48. The van der Waals surface area contributed by atoms with E-state index in [1.165, 1.54) is 12.0 Å². The molecule has 1 saturated carbocycles. The van der Waals surface area contributed by atoms with Gasteiger partial charge in [0, 0.05) is 12.1 Å². The second-order valence-corrected chi connectivity index (χ2v) is 10.4. The van der Waals surface area contributed by atoms with Crippen molar-refractivity contribution in [3.8, 4) is 11.5 Å². The second-order valence-electron chi connectivity index (χ2n) is 9.53. The molecule has 0 radical (unpaired) electrons. The zero-order chi connectivity index (χ0) is 26.5. The fourth-order valence-electron chi connectivity index (χ4n) is 5.05. The molecule has 2 aliphatic rings. The third kappa shape index (κ3) is 5.70. The number of allylic oxidation sites excluding steroid dienone is 1. The largest absolute Gasteiger partial charge is 0.490 e. The monoisotopic (exact) mass is 581 g/mol. The average molecular weight is 582 g/mol. The highest BCUT2D eigenvalue weighted by atomic mass is 79.9. The van der Waals surface area contributed by atoms with Gasteiger partial charge in [-0.05, 0) is 89.1 Å². The molecule has 9 nitrogen and oxygen atoms in total. The molecule has 0 spiro atoms. The first-order valence-electron chi connectivity index (χ1n) is 13.1. The summed E-state index contributed by atoms with van der Waals surface area (Å²) in [5.41, 5.74) is 3.11. The SMILES string of the molecule is CCOc1cc(C2C(C(=O)OC3CCCCC3)=C(C)Nc3nnnn32)cc(Br)c1OCCc1ccccc1. The first kappa shape index (κ1) is 26.2. The number of fused-ring (bicyclic) bond motifs is 1. The zero-order valence-electron chi connectivity index (χ0n) is 21.7. The maximum Gasteiger partial charge on any atom is 0.338 e. The molecule has 200 valence electrons. The van der Waals surface area contributed by atoms with Crippen LogP contribution in [-0.2, 0) is 16.0 Å². The van der Waals surface area contributed by atoms with Crippen LogP contribution in [0.2, 0.25) is 0 Å². The van der Waals surface area contributed by atoms with Crippen molar-refractivity contribution in [3.63, 3.8) is 0 Å². The van der Waals surface area contributed by atoms with Crippen LogP contribution in [0.3, 0.4) is 0 Å². The first-order valence-corrected chi connectivity index (χ1v) is 13.9. The van der Waals surface area contributed by atoms with Crippen LogP contribution in [0.15, 0.2) is 58.2 Å². The van der Waals surface area contributed by atoms with Crippen LogP contribution in [0.1, 0.15) is 63.1 Å². The molecular formula is C28H32BrN5O4. The fraction of sp³-hybridized carbons (Fsp3) is 0.429. The molecule has 5 rings (SSSR count). The van der Waals surface area contributed by atoms with Crippen molar-refractivity contribution in [2.75, 3.05) is 18.5 Å². The Labute approximate surface area is 230 Å². The molecule has 1 fully saturated rings. The summed E-state index contributed by atoms with van der Waals surface area (Å²) in [6.45, 7) is 4.72. The van der Waals surface area contributed by atoms with Gasteiger partial charge >= 0.3 is 5.97 Å². The summed E-state index contributed by atoms with van der Waals surface area (Å²) in [6, 6.07) is 13.4. The summed E-state index contributed by atoms with van der Waals surface area (Å²) >= 11 is 3.69. The molecule has 1 aliphatic heterocycles. The molecule has 0 amide bonds. The van der Waals surface area contributed by atoms with Crippen LogP contribution in [0, 0.1) is 0 Å². The number of halogens is 1. The molecular weight excluding hydrogens is 550 g/mol. The number of hydrogen-bond donors (Lipinski definition) is 1. The number of anilines is 1. The van der Waals surface area contributed by atoms with E-state index in [0.717, 1.165) is 42.1 Å². The van der Waals surface area contributed by atoms with Crippen LogP contribution >= 0.6 is 15.9 Å². The minimum absolute atomic E-state index is 0.0708. The Kier molecular flexibility index (Phi) is 8.26. The highest BCUT2D eigenvalue weighted by molar-refractivity contribution is 9.10. The standard InChI is InChI=1S/C28H32BrN5O4/c1-3-36-23-17-20(16-22(29)26(23)37-15-14-19-10-6-4-7-11-19)25-24(18(2)30-28-31-32-33-34(25)28)27(35)38-21-12-8-5-9-13-21/h4,6-7,10-11,16-17,21,25H,3,5,8-9,12-15H2,1-2H3,(H,30,31,33). The van der Waals surface area contributed by atoms with Crippen LogP contribution in [0.5, 0.6) is 11.5 Å². The van der Waals surface area contributed by atoms with Gasteiger partial charge in [0.25, 0.3) is 0 Å². The van der Waals surface area contributed by atoms with E-state index in [2.05, 4.69) is 48.9 Å². The number of carbonyl (C=O) groups excluding carboxylic acids is 1. The average Bonchev–Trinajstić information content (AvgIpc) is 3.38. The number of aromatic nitrogens is 4. The zero-order valence-corrected chi connectivity index (χ0v) is 23.2. The van der Waals surface area contributed by atoms with Crippen LogP contribution in [-0.4, -0.2) is 45.5 Å². The van der Waals surface area contributed by atoms with Crippen molar-refractivity contribution in [1.82, 2.24) is 20.2 Å². The van der Waals surface area contributed by atoms with Crippen molar-refractivity contribution < 1.29 is 19.0 Å². The summed E-state index contributed by atoms with van der Waals surface area (Å²) in [7, 11) is 0. The minimum atomic E-state index is -0.591. The van der Waals surface area contributed by atoms with Gasteiger partial charge in [0.2, 0.25) is 5.95 Å². The van der Waals surface area contributed by atoms with Crippen molar-refractivity contribution in [2.45, 2.75) is 64.5 Å².